The molecule has 92 valence electrons. The third kappa shape index (κ3) is 3.73. The maximum absolute atomic E-state index is 13.3. The molecule has 2 rings (SSSR count). The standard InChI is InChI=1S/C13H16FNOS/c1-9(13(16)15-11-6-7-11)17-8-10-4-2-3-5-12(10)14/h2-5,9,11H,6-8H2,1H3,(H,15,16)/t9-/m0/s1. The number of carbonyl (C=O) groups is 1. The Morgan fingerprint density at radius 3 is 2.88 bits per heavy atom. The Labute approximate surface area is 105 Å². The quantitative estimate of drug-likeness (QED) is 0.874. The van der Waals surface area contributed by atoms with E-state index in [0.717, 1.165) is 12.8 Å². The molecule has 1 N–H and O–H groups in total. The number of hydrogen-bond acceptors (Lipinski definition) is 2. The average Bonchev–Trinajstić information content (AvgIpc) is 3.11. The smallest absolute Gasteiger partial charge is 0.233 e. The normalized spacial score (nSPS) is 16.6. The molecule has 0 radical (unpaired) electrons. The minimum absolute atomic E-state index is 0.0637. The van der Waals surface area contributed by atoms with Gasteiger partial charge in [-0.15, -0.1) is 11.8 Å². The summed E-state index contributed by atoms with van der Waals surface area (Å²) in [4.78, 5) is 11.7. The molecule has 1 saturated carbocycles. The zero-order chi connectivity index (χ0) is 12.3. The Kier molecular flexibility index (Phi) is 4.05. The highest BCUT2D eigenvalue weighted by atomic mass is 32.2. The van der Waals surface area contributed by atoms with Gasteiger partial charge < -0.3 is 5.32 Å². The van der Waals surface area contributed by atoms with Gasteiger partial charge in [0, 0.05) is 11.8 Å². The van der Waals surface area contributed by atoms with E-state index in [4.69, 9.17) is 0 Å². The van der Waals surface area contributed by atoms with Crippen LogP contribution in [0.2, 0.25) is 0 Å². The Hall–Kier alpha value is -1.03. The van der Waals surface area contributed by atoms with Crippen LogP contribution in [0.15, 0.2) is 24.3 Å². The first kappa shape index (κ1) is 12.4. The second-order valence-corrected chi connectivity index (χ2v) is 5.66. The fraction of sp³-hybridized carbons (Fsp3) is 0.462. The number of benzene rings is 1. The van der Waals surface area contributed by atoms with Gasteiger partial charge in [0.05, 0.1) is 5.25 Å². The molecule has 4 heteroatoms. The summed E-state index contributed by atoms with van der Waals surface area (Å²) >= 11 is 1.47. The second-order valence-electron chi connectivity index (χ2n) is 4.33. The van der Waals surface area contributed by atoms with E-state index in [1.807, 2.05) is 13.0 Å². The van der Waals surface area contributed by atoms with Crippen molar-refractivity contribution in [1.82, 2.24) is 5.32 Å². The summed E-state index contributed by atoms with van der Waals surface area (Å²) in [6, 6.07) is 7.08. The van der Waals surface area contributed by atoms with Crippen molar-refractivity contribution in [3.8, 4) is 0 Å². The van der Waals surface area contributed by atoms with Gasteiger partial charge in [-0.2, -0.15) is 0 Å². The van der Waals surface area contributed by atoms with Crippen LogP contribution in [0.25, 0.3) is 0 Å². The highest BCUT2D eigenvalue weighted by Gasteiger charge is 2.25. The van der Waals surface area contributed by atoms with Crippen molar-refractivity contribution in [2.45, 2.75) is 36.8 Å². The predicted molar refractivity (Wildman–Crippen MR) is 68.3 cm³/mol. The van der Waals surface area contributed by atoms with Crippen LogP contribution in [0.1, 0.15) is 25.3 Å². The number of halogens is 1. The highest BCUT2D eigenvalue weighted by Crippen LogP contribution is 2.22. The summed E-state index contributed by atoms with van der Waals surface area (Å²) < 4.78 is 13.3. The second kappa shape index (κ2) is 5.54. The Balaban J connectivity index is 1.80. The summed E-state index contributed by atoms with van der Waals surface area (Å²) in [5, 5.41) is 2.82. The summed E-state index contributed by atoms with van der Waals surface area (Å²) in [5.41, 5.74) is 0.656. The molecule has 1 aliphatic rings. The molecule has 0 spiro atoms. The minimum Gasteiger partial charge on any atom is -0.352 e. The molecule has 1 atom stereocenters. The van der Waals surface area contributed by atoms with Crippen molar-refractivity contribution >= 4 is 17.7 Å². The highest BCUT2D eigenvalue weighted by molar-refractivity contribution is 7.99. The first-order valence-corrected chi connectivity index (χ1v) is 6.87. The molecule has 1 aromatic rings. The first-order valence-electron chi connectivity index (χ1n) is 5.82. The van der Waals surface area contributed by atoms with E-state index in [2.05, 4.69) is 5.32 Å². The molecule has 0 unspecified atom stereocenters. The van der Waals surface area contributed by atoms with Crippen LogP contribution in [-0.4, -0.2) is 17.2 Å². The number of hydrogen-bond donors (Lipinski definition) is 1. The van der Waals surface area contributed by atoms with Crippen LogP contribution in [0.5, 0.6) is 0 Å². The molecule has 2 nitrogen and oxygen atoms in total. The average molecular weight is 253 g/mol. The number of nitrogens with one attached hydrogen (secondary N) is 1. The predicted octanol–water partition coefficient (Wildman–Crippen LogP) is 2.73. The Bertz CT molecular complexity index is 406. The molecular weight excluding hydrogens is 237 g/mol. The van der Waals surface area contributed by atoms with Crippen LogP contribution in [0.3, 0.4) is 0 Å². The van der Waals surface area contributed by atoms with Gasteiger partial charge in [0.25, 0.3) is 0 Å². The molecular formula is C13H16FNOS. The molecule has 0 bridgehead atoms. The molecule has 0 heterocycles. The molecule has 0 aliphatic heterocycles. The topological polar surface area (TPSA) is 29.1 Å². The summed E-state index contributed by atoms with van der Waals surface area (Å²) in [7, 11) is 0. The number of thioether (sulfide) groups is 1. The molecule has 1 aromatic carbocycles. The van der Waals surface area contributed by atoms with Gasteiger partial charge in [0.1, 0.15) is 5.82 Å². The van der Waals surface area contributed by atoms with Crippen LogP contribution in [-0.2, 0) is 10.5 Å². The Morgan fingerprint density at radius 1 is 1.53 bits per heavy atom. The minimum atomic E-state index is -0.199. The lowest BCUT2D eigenvalue weighted by Gasteiger charge is -2.11. The molecule has 1 aliphatic carbocycles. The summed E-state index contributed by atoms with van der Waals surface area (Å²) in [6.07, 6.45) is 2.19. The van der Waals surface area contributed by atoms with E-state index in [1.54, 1.807) is 12.1 Å². The summed E-state index contributed by atoms with van der Waals surface area (Å²) in [6.45, 7) is 1.86. The van der Waals surface area contributed by atoms with Crippen molar-refractivity contribution in [1.29, 1.82) is 0 Å². The fourth-order valence-corrected chi connectivity index (χ4v) is 2.34. The van der Waals surface area contributed by atoms with Gasteiger partial charge in [0.2, 0.25) is 5.91 Å². The molecule has 1 fully saturated rings. The zero-order valence-corrected chi connectivity index (χ0v) is 10.6. The van der Waals surface area contributed by atoms with E-state index in [9.17, 15) is 9.18 Å². The molecule has 0 saturated heterocycles. The first-order chi connectivity index (χ1) is 8.16. The van der Waals surface area contributed by atoms with Gasteiger partial charge in [-0.25, -0.2) is 4.39 Å². The van der Waals surface area contributed by atoms with E-state index in [0.29, 0.717) is 17.4 Å². The van der Waals surface area contributed by atoms with Crippen molar-refractivity contribution in [3.05, 3.63) is 35.6 Å². The lowest BCUT2D eigenvalue weighted by atomic mass is 10.2. The number of carbonyl (C=O) groups excluding carboxylic acids is 1. The van der Waals surface area contributed by atoms with E-state index in [-0.39, 0.29) is 17.0 Å². The molecule has 17 heavy (non-hydrogen) atoms. The van der Waals surface area contributed by atoms with Crippen molar-refractivity contribution in [2.24, 2.45) is 0 Å². The van der Waals surface area contributed by atoms with E-state index < -0.39 is 0 Å². The van der Waals surface area contributed by atoms with Crippen LogP contribution in [0.4, 0.5) is 4.39 Å². The summed E-state index contributed by atoms with van der Waals surface area (Å²) in [5.74, 6) is 0.398. The monoisotopic (exact) mass is 253 g/mol. The third-order valence-corrected chi connectivity index (χ3v) is 3.93. The number of amides is 1. The Morgan fingerprint density at radius 2 is 2.24 bits per heavy atom. The van der Waals surface area contributed by atoms with Gasteiger partial charge in [-0.3, -0.25) is 4.79 Å². The third-order valence-electron chi connectivity index (χ3n) is 2.74. The van der Waals surface area contributed by atoms with Gasteiger partial charge in [0.15, 0.2) is 0 Å². The van der Waals surface area contributed by atoms with Crippen molar-refractivity contribution in [3.63, 3.8) is 0 Å². The fourth-order valence-electron chi connectivity index (χ4n) is 1.45. The maximum atomic E-state index is 13.3. The van der Waals surface area contributed by atoms with Crippen molar-refractivity contribution in [2.75, 3.05) is 0 Å². The lowest BCUT2D eigenvalue weighted by molar-refractivity contribution is -0.120. The van der Waals surface area contributed by atoms with Crippen LogP contribution < -0.4 is 5.32 Å². The van der Waals surface area contributed by atoms with E-state index >= 15 is 0 Å². The van der Waals surface area contributed by atoms with Crippen LogP contribution >= 0.6 is 11.8 Å². The number of rotatable bonds is 5. The molecule has 1 amide bonds. The maximum Gasteiger partial charge on any atom is 0.233 e. The van der Waals surface area contributed by atoms with Gasteiger partial charge in [-0.1, -0.05) is 18.2 Å². The van der Waals surface area contributed by atoms with E-state index in [1.165, 1.54) is 17.8 Å². The zero-order valence-electron chi connectivity index (χ0n) is 9.78. The van der Waals surface area contributed by atoms with Crippen LogP contribution in [0, 0.1) is 5.82 Å². The van der Waals surface area contributed by atoms with Gasteiger partial charge in [-0.05, 0) is 31.4 Å². The van der Waals surface area contributed by atoms with Crippen molar-refractivity contribution < 1.29 is 9.18 Å². The van der Waals surface area contributed by atoms with Gasteiger partial charge >= 0.3 is 0 Å². The molecule has 0 aromatic heterocycles. The SMILES string of the molecule is C[C@H](SCc1ccccc1F)C(=O)NC1CC1. The largest absolute Gasteiger partial charge is 0.352 e. The lowest BCUT2D eigenvalue weighted by Crippen LogP contribution is -2.32.